The maximum absolute atomic E-state index is 13.0. The summed E-state index contributed by atoms with van der Waals surface area (Å²) in [7, 11) is 0. The Labute approximate surface area is 127 Å². The third-order valence-electron chi connectivity index (χ3n) is 2.82. The summed E-state index contributed by atoms with van der Waals surface area (Å²) in [4.78, 5) is 0. The third-order valence-corrected chi connectivity index (χ3v) is 3.37. The summed E-state index contributed by atoms with van der Waals surface area (Å²) in [5.41, 5.74) is -1.95. The van der Waals surface area contributed by atoms with Crippen molar-refractivity contribution in [2.45, 2.75) is 12.6 Å². The lowest BCUT2D eigenvalue weighted by Gasteiger charge is -2.15. The van der Waals surface area contributed by atoms with Gasteiger partial charge in [-0.2, -0.15) is 13.2 Å². The normalized spacial score (nSPS) is 12.0. The van der Waals surface area contributed by atoms with E-state index < -0.39 is 29.3 Å². The van der Waals surface area contributed by atoms with Crippen LogP contribution in [0, 0.1) is 0 Å². The second-order valence-electron chi connectivity index (χ2n) is 4.23. The quantitative estimate of drug-likeness (QED) is 0.539. The Hall–Kier alpha value is -1.33. The van der Waals surface area contributed by atoms with Gasteiger partial charge in [0.2, 0.25) is 0 Å². The summed E-state index contributed by atoms with van der Waals surface area (Å²) >= 11 is 11.6. The molecule has 2 aromatic rings. The zero-order valence-electron chi connectivity index (χ0n) is 10.2. The highest BCUT2D eigenvalue weighted by Gasteiger charge is 2.34. The first kappa shape index (κ1) is 16.0. The molecular formula is C14H7Cl2F5. The number of hydrogen-bond donors (Lipinski definition) is 0. The van der Waals surface area contributed by atoms with E-state index in [9.17, 15) is 22.0 Å². The Morgan fingerprint density at radius 1 is 0.857 bits per heavy atom. The fraction of sp³-hybridized carbons (Fsp3) is 0.143. The monoisotopic (exact) mass is 340 g/mol. The standard InChI is InChI=1S/C14H7Cl2F5/c15-8-2-3-9(12(16)6-8)10-5-7(13(17)18)1-4-11(10)14(19,20)21/h1-6,13H. The SMILES string of the molecule is FC(F)c1ccc(C(F)(F)F)c(-c2ccc(Cl)cc2Cl)c1. The highest BCUT2D eigenvalue weighted by molar-refractivity contribution is 6.36. The van der Waals surface area contributed by atoms with E-state index in [1.807, 2.05) is 0 Å². The molecule has 2 rings (SSSR count). The second-order valence-corrected chi connectivity index (χ2v) is 5.07. The van der Waals surface area contributed by atoms with Gasteiger partial charge in [-0.25, -0.2) is 8.78 Å². The summed E-state index contributed by atoms with van der Waals surface area (Å²) in [6, 6.07) is 6.04. The lowest BCUT2D eigenvalue weighted by Crippen LogP contribution is -2.08. The summed E-state index contributed by atoms with van der Waals surface area (Å²) in [6.07, 6.45) is -7.56. The fourth-order valence-corrected chi connectivity index (χ4v) is 2.39. The van der Waals surface area contributed by atoms with Crippen LogP contribution >= 0.6 is 23.2 Å². The lowest BCUT2D eigenvalue weighted by atomic mass is 9.97. The number of benzene rings is 2. The number of alkyl halides is 5. The van der Waals surface area contributed by atoms with Gasteiger partial charge in [0.1, 0.15) is 0 Å². The minimum Gasteiger partial charge on any atom is -0.205 e. The molecule has 0 spiro atoms. The Morgan fingerprint density at radius 2 is 1.52 bits per heavy atom. The van der Waals surface area contributed by atoms with E-state index in [0.717, 1.165) is 12.1 Å². The van der Waals surface area contributed by atoms with Crippen LogP contribution in [0.25, 0.3) is 11.1 Å². The Kier molecular flexibility index (Phi) is 4.44. The first-order valence-corrected chi connectivity index (χ1v) is 6.40. The first-order chi connectivity index (χ1) is 9.70. The summed E-state index contributed by atoms with van der Waals surface area (Å²) in [5.74, 6) is 0. The van der Waals surface area contributed by atoms with Gasteiger partial charge in [-0.1, -0.05) is 35.3 Å². The van der Waals surface area contributed by atoms with Gasteiger partial charge in [0.05, 0.1) is 5.56 Å². The Morgan fingerprint density at radius 3 is 2.05 bits per heavy atom. The molecule has 0 radical (unpaired) electrons. The van der Waals surface area contributed by atoms with Crippen molar-refractivity contribution in [1.82, 2.24) is 0 Å². The van der Waals surface area contributed by atoms with E-state index in [-0.39, 0.29) is 15.6 Å². The lowest BCUT2D eigenvalue weighted by molar-refractivity contribution is -0.137. The van der Waals surface area contributed by atoms with Crippen molar-refractivity contribution >= 4 is 23.2 Å². The molecule has 2 aromatic carbocycles. The van der Waals surface area contributed by atoms with Crippen LogP contribution < -0.4 is 0 Å². The van der Waals surface area contributed by atoms with Gasteiger partial charge >= 0.3 is 6.18 Å². The first-order valence-electron chi connectivity index (χ1n) is 5.65. The van der Waals surface area contributed by atoms with Crippen molar-refractivity contribution in [1.29, 1.82) is 0 Å². The molecule has 0 amide bonds. The molecule has 21 heavy (non-hydrogen) atoms. The van der Waals surface area contributed by atoms with E-state index in [0.29, 0.717) is 6.07 Å². The van der Waals surface area contributed by atoms with Crippen molar-refractivity contribution < 1.29 is 22.0 Å². The summed E-state index contributed by atoms with van der Waals surface area (Å²) in [6.45, 7) is 0. The zero-order valence-corrected chi connectivity index (χ0v) is 11.7. The zero-order chi connectivity index (χ0) is 15.8. The molecule has 0 aliphatic carbocycles. The Bertz CT molecular complexity index is 665. The average Bonchev–Trinajstić information content (AvgIpc) is 2.36. The summed E-state index contributed by atoms with van der Waals surface area (Å²) < 4.78 is 64.5. The predicted molar refractivity (Wildman–Crippen MR) is 71.9 cm³/mol. The fourth-order valence-electron chi connectivity index (χ4n) is 1.88. The van der Waals surface area contributed by atoms with Crippen molar-refractivity contribution in [3.8, 4) is 11.1 Å². The number of hydrogen-bond acceptors (Lipinski definition) is 0. The molecule has 0 heterocycles. The van der Waals surface area contributed by atoms with Crippen LogP contribution in [0.3, 0.4) is 0 Å². The summed E-state index contributed by atoms with van der Waals surface area (Å²) in [5, 5.41) is 0.196. The molecule has 112 valence electrons. The second kappa shape index (κ2) is 5.81. The van der Waals surface area contributed by atoms with Crippen LogP contribution in [-0.4, -0.2) is 0 Å². The van der Waals surface area contributed by atoms with Crippen molar-refractivity contribution in [3.05, 3.63) is 57.6 Å². The van der Waals surface area contributed by atoms with E-state index in [1.54, 1.807) is 0 Å². The molecule has 0 aliphatic heterocycles. The van der Waals surface area contributed by atoms with Crippen molar-refractivity contribution in [3.63, 3.8) is 0 Å². The topological polar surface area (TPSA) is 0 Å². The minimum absolute atomic E-state index is 0.00380. The molecular weight excluding hydrogens is 334 g/mol. The molecule has 0 N–H and O–H groups in total. The van der Waals surface area contributed by atoms with Gasteiger partial charge in [-0.3, -0.25) is 0 Å². The molecule has 0 aliphatic rings. The van der Waals surface area contributed by atoms with Crippen LogP contribution in [0.4, 0.5) is 22.0 Å². The maximum Gasteiger partial charge on any atom is 0.417 e. The van der Waals surface area contributed by atoms with E-state index in [2.05, 4.69) is 0 Å². The average molecular weight is 341 g/mol. The van der Waals surface area contributed by atoms with Crippen LogP contribution in [0.15, 0.2) is 36.4 Å². The number of rotatable bonds is 2. The molecule has 0 atom stereocenters. The molecule has 0 unspecified atom stereocenters. The molecule has 0 saturated carbocycles. The van der Waals surface area contributed by atoms with Crippen LogP contribution in [0.2, 0.25) is 10.0 Å². The van der Waals surface area contributed by atoms with E-state index in [4.69, 9.17) is 23.2 Å². The Balaban J connectivity index is 2.71. The minimum atomic E-state index is -4.68. The molecule has 0 saturated heterocycles. The third kappa shape index (κ3) is 3.47. The molecule has 0 nitrogen and oxygen atoms in total. The van der Waals surface area contributed by atoms with Crippen molar-refractivity contribution in [2.24, 2.45) is 0 Å². The van der Waals surface area contributed by atoms with Crippen LogP contribution in [0.5, 0.6) is 0 Å². The smallest absolute Gasteiger partial charge is 0.205 e. The van der Waals surface area contributed by atoms with Gasteiger partial charge in [0, 0.05) is 21.2 Å². The van der Waals surface area contributed by atoms with Gasteiger partial charge in [-0.15, -0.1) is 0 Å². The predicted octanol–water partition coefficient (Wildman–Crippen LogP) is 6.62. The van der Waals surface area contributed by atoms with E-state index >= 15 is 0 Å². The highest BCUT2D eigenvalue weighted by atomic mass is 35.5. The maximum atomic E-state index is 13.0. The van der Waals surface area contributed by atoms with Crippen LogP contribution in [0.1, 0.15) is 17.6 Å². The van der Waals surface area contributed by atoms with E-state index in [1.165, 1.54) is 18.2 Å². The van der Waals surface area contributed by atoms with Gasteiger partial charge in [-0.05, 0) is 29.8 Å². The molecule has 0 aromatic heterocycles. The largest absolute Gasteiger partial charge is 0.417 e. The van der Waals surface area contributed by atoms with Gasteiger partial charge in [0.25, 0.3) is 6.43 Å². The van der Waals surface area contributed by atoms with Gasteiger partial charge in [0.15, 0.2) is 0 Å². The number of halogens is 7. The van der Waals surface area contributed by atoms with Gasteiger partial charge < -0.3 is 0 Å². The molecule has 0 fully saturated rings. The van der Waals surface area contributed by atoms with Crippen molar-refractivity contribution in [2.75, 3.05) is 0 Å². The highest BCUT2D eigenvalue weighted by Crippen LogP contribution is 2.41. The molecule has 7 heteroatoms. The molecule has 0 bridgehead atoms. The van der Waals surface area contributed by atoms with Crippen LogP contribution in [-0.2, 0) is 6.18 Å².